The number of thioether (sulfide) groups is 1. The molecule has 0 aromatic heterocycles. The molecular formula is C32H23NO3S. The van der Waals surface area contributed by atoms with Crippen LogP contribution in [0.1, 0.15) is 16.7 Å². The Morgan fingerprint density at radius 1 is 0.676 bits per heavy atom. The summed E-state index contributed by atoms with van der Waals surface area (Å²) >= 11 is 0.981. The molecule has 0 atom stereocenters. The van der Waals surface area contributed by atoms with Crippen molar-refractivity contribution in [3.05, 3.63) is 131 Å². The molecule has 0 radical (unpaired) electrons. The average Bonchev–Trinajstić information content (AvgIpc) is 3.20. The Labute approximate surface area is 219 Å². The second-order valence-corrected chi connectivity index (χ2v) is 9.90. The number of benzene rings is 5. The number of ether oxygens (including phenoxy) is 1. The van der Waals surface area contributed by atoms with Gasteiger partial charge in [-0.25, -0.2) is 0 Å². The molecule has 6 rings (SSSR count). The molecule has 0 spiro atoms. The Morgan fingerprint density at radius 3 is 1.97 bits per heavy atom. The first-order valence-corrected chi connectivity index (χ1v) is 12.9. The van der Waals surface area contributed by atoms with E-state index in [0.29, 0.717) is 11.5 Å². The van der Waals surface area contributed by atoms with Gasteiger partial charge in [-0.2, -0.15) is 0 Å². The van der Waals surface area contributed by atoms with Gasteiger partial charge >= 0.3 is 0 Å². The van der Waals surface area contributed by atoms with Crippen molar-refractivity contribution in [1.29, 1.82) is 0 Å². The van der Waals surface area contributed by atoms with Crippen molar-refractivity contribution in [2.24, 2.45) is 0 Å². The van der Waals surface area contributed by atoms with Crippen molar-refractivity contribution in [2.45, 2.75) is 13.2 Å². The molecule has 180 valence electrons. The molecule has 2 amide bonds. The smallest absolute Gasteiger partial charge is 0.293 e. The predicted molar refractivity (Wildman–Crippen MR) is 150 cm³/mol. The Bertz CT molecular complexity index is 1660. The van der Waals surface area contributed by atoms with E-state index in [2.05, 4.69) is 24.3 Å². The summed E-state index contributed by atoms with van der Waals surface area (Å²) in [5.74, 6) is 0.480. The zero-order valence-corrected chi connectivity index (χ0v) is 20.8. The van der Waals surface area contributed by atoms with Gasteiger partial charge in [0.1, 0.15) is 12.4 Å². The summed E-state index contributed by atoms with van der Waals surface area (Å²) in [4.78, 5) is 27.5. The van der Waals surface area contributed by atoms with Crippen LogP contribution in [0.2, 0.25) is 0 Å². The van der Waals surface area contributed by atoms with Crippen LogP contribution in [0.5, 0.6) is 5.75 Å². The van der Waals surface area contributed by atoms with Gasteiger partial charge in [0.05, 0.1) is 11.4 Å². The minimum atomic E-state index is -0.265. The van der Waals surface area contributed by atoms with Crippen molar-refractivity contribution >= 4 is 50.5 Å². The van der Waals surface area contributed by atoms with Crippen LogP contribution in [0.4, 0.5) is 4.79 Å². The molecule has 1 aliphatic heterocycles. The number of hydrogen-bond donors (Lipinski definition) is 0. The SMILES string of the molecule is O=C1S/C(=C\c2ccc(OCc3cccc4ccccc34)cc2)C(=O)N1Cc1cccc2ccccc12. The second-order valence-electron chi connectivity index (χ2n) is 8.90. The summed E-state index contributed by atoms with van der Waals surface area (Å²) in [6.07, 6.45) is 1.77. The number of carbonyl (C=O) groups excluding carboxylic acids is 2. The van der Waals surface area contributed by atoms with Crippen LogP contribution in [-0.4, -0.2) is 16.0 Å². The number of hydrogen-bond acceptors (Lipinski definition) is 4. The van der Waals surface area contributed by atoms with Gasteiger partial charge in [0.2, 0.25) is 0 Å². The molecule has 0 bridgehead atoms. The van der Waals surface area contributed by atoms with Crippen molar-refractivity contribution in [2.75, 3.05) is 0 Å². The number of rotatable bonds is 6. The van der Waals surface area contributed by atoms with E-state index in [9.17, 15) is 9.59 Å². The lowest BCUT2D eigenvalue weighted by atomic mass is 10.0. The van der Waals surface area contributed by atoms with Gasteiger partial charge in [0.15, 0.2) is 0 Å². The minimum absolute atomic E-state index is 0.251. The van der Waals surface area contributed by atoms with E-state index in [4.69, 9.17) is 4.74 Å². The fraction of sp³-hybridized carbons (Fsp3) is 0.0625. The molecule has 0 unspecified atom stereocenters. The summed E-state index contributed by atoms with van der Waals surface area (Å²) in [5, 5.41) is 4.26. The highest BCUT2D eigenvalue weighted by Crippen LogP contribution is 2.34. The lowest BCUT2D eigenvalue weighted by Crippen LogP contribution is -2.27. The van der Waals surface area contributed by atoms with Crippen LogP contribution in [0.15, 0.2) is 114 Å². The zero-order valence-electron chi connectivity index (χ0n) is 20.0. The van der Waals surface area contributed by atoms with E-state index in [1.165, 1.54) is 15.7 Å². The number of nitrogens with zero attached hydrogens (tertiary/aromatic N) is 1. The molecule has 4 nitrogen and oxygen atoms in total. The van der Waals surface area contributed by atoms with Gasteiger partial charge in [-0.15, -0.1) is 0 Å². The molecule has 1 fully saturated rings. The summed E-state index contributed by atoms with van der Waals surface area (Å²) in [7, 11) is 0. The van der Waals surface area contributed by atoms with Gasteiger partial charge in [-0.05, 0) is 68.2 Å². The zero-order chi connectivity index (χ0) is 25.2. The van der Waals surface area contributed by atoms with Crippen molar-refractivity contribution < 1.29 is 14.3 Å². The monoisotopic (exact) mass is 501 g/mol. The molecule has 1 aliphatic rings. The number of imide groups is 1. The Kier molecular flexibility index (Phi) is 6.21. The number of carbonyl (C=O) groups is 2. The fourth-order valence-corrected chi connectivity index (χ4v) is 5.47. The fourth-order valence-electron chi connectivity index (χ4n) is 4.63. The van der Waals surface area contributed by atoms with Gasteiger partial charge in [0.25, 0.3) is 11.1 Å². The summed E-state index contributed by atoms with van der Waals surface area (Å²) in [6, 6.07) is 36.0. The third-order valence-electron chi connectivity index (χ3n) is 6.53. The largest absolute Gasteiger partial charge is 0.489 e. The minimum Gasteiger partial charge on any atom is -0.489 e. The third kappa shape index (κ3) is 4.74. The number of amides is 2. The number of fused-ring (bicyclic) bond motifs is 2. The highest BCUT2D eigenvalue weighted by atomic mass is 32.2. The van der Waals surface area contributed by atoms with E-state index in [1.807, 2.05) is 84.9 Å². The first-order valence-electron chi connectivity index (χ1n) is 12.1. The standard InChI is InChI=1S/C32H23NO3S/c34-31-30(37-32(35)33(31)20-25-11-5-9-23-7-1-3-13-28(23)25)19-22-15-17-27(18-16-22)36-21-26-12-6-10-24-8-2-4-14-29(24)26/h1-19H,20-21H2/b30-19-. The Morgan fingerprint density at radius 2 is 1.27 bits per heavy atom. The lowest BCUT2D eigenvalue weighted by Gasteiger charge is -2.14. The predicted octanol–water partition coefficient (Wildman–Crippen LogP) is 7.81. The van der Waals surface area contributed by atoms with Gasteiger partial charge < -0.3 is 4.74 Å². The summed E-state index contributed by atoms with van der Waals surface area (Å²) in [5.41, 5.74) is 2.92. The summed E-state index contributed by atoms with van der Waals surface area (Å²) < 4.78 is 6.03. The van der Waals surface area contributed by atoms with E-state index in [-0.39, 0.29) is 17.7 Å². The van der Waals surface area contributed by atoms with Crippen LogP contribution >= 0.6 is 11.8 Å². The maximum atomic E-state index is 13.1. The molecule has 37 heavy (non-hydrogen) atoms. The molecule has 5 aromatic carbocycles. The van der Waals surface area contributed by atoms with Gasteiger partial charge in [0, 0.05) is 0 Å². The normalized spacial score (nSPS) is 14.7. The van der Waals surface area contributed by atoms with Crippen LogP contribution < -0.4 is 4.74 Å². The molecule has 5 heteroatoms. The van der Waals surface area contributed by atoms with E-state index < -0.39 is 0 Å². The molecule has 5 aromatic rings. The van der Waals surface area contributed by atoms with Crippen LogP contribution in [0.3, 0.4) is 0 Å². The first-order chi connectivity index (χ1) is 18.2. The van der Waals surface area contributed by atoms with E-state index >= 15 is 0 Å². The highest BCUT2D eigenvalue weighted by molar-refractivity contribution is 8.18. The third-order valence-corrected chi connectivity index (χ3v) is 7.44. The maximum absolute atomic E-state index is 13.1. The van der Waals surface area contributed by atoms with Crippen LogP contribution in [0, 0.1) is 0 Å². The van der Waals surface area contributed by atoms with Gasteiger partial charge in [-0.1, -0.05) is 97.1 Å². The van der Waals surface area contributed by atoms with Crippen molar-refractivity contribution in [3.63, 3.8) is 0 Å². The molecule has 0 N–H and O–H groups in total. The van der Waals surface area contributed by atoms with Gasteiger partial charge in [-0.3, -0.25) is 14.5 Å². The van der Waals surface area contributed by atoms with Crippen LogP contribution in [-0.2, 0) is 17.9 Å². The van der Waals surface area contributed by atoms with Crippen molar-refractivity contribution in [3.8, 4) is 5.75 Å². The first kappa shape index (κ1) is 23.1. The quantitative estimate of drug-likeness (QED) is 0.223. The Hall–Kier alpha value is -4.35. The van der Waals surface area contributed by atoms with E-state index in [0.717, 1.165) is 45.0 Å². The lowest BCUT2D eigenvalue weighted by molar-refractivity contribution is -0.123. The average molecular weight is 502 g/mol. The van der Waals surface area contributed by atoms with Crippen molar-refractivity contribution in [1.82, 2.24) is 4.90 Å². The molecule has 0 saturated carbocycles. The van der Waals surface area contributed by atoms with E-state index in [1.54, 1.807) is 6.08 Å². The second kappa shape index (κ2) is 9.96. The molecule has 1 heterocycles. The molecule has 0 aliphatic carbocycles. The van der Waals surface area contributed by atoms with Crippen LogP contribution in [0.25, 0.3) is 27.6 Å². The molecular weight excluding hydrogens is 478 g/mol. The summed E-state index contributed by atoms with van der Waals surface area (Å²) in [6.45, 7) is 0.720. The Balaban J connectivity index is 1.15. The topological polar surface area (TPSA) is 46.6 Å². The highest BCUT2D eigenvalue weighted by Gasteiger charge is 2.35. The maximum Gasteiger partial charge on any atom is 0.293 e. The molecule has 1 saturated heterocycles.